The van der Waals surface area contributed by atoms with Gasteiger partial charge in [-0.1, -0.05) is 31.9 Å². The predicted octanol–water partition coefficient (Wildman–Crippen LogP) is 4.31. The fraction of sp³-hybridized carbons (Fsp3) is 0.538. The van der Waals surface area contributed by atoms with Crippen LogP contribution in [0.15, 0.2) is 12.1 Å². The number of hydrogen-bond donors (Lipinski definition) is 1. The smallest absolute Gasteiger partial charge is 0.160 e. The first-order valence-corrected chi connectivity index (χ1v) is 6.19. The van der Waals surface area contributed by atoms with E-state index in [1.807, 2.05) is 0 Å². The van der Waals surface area contributed by atoms with E-state index in [1.165, 1.54) is 6.07 Å². The Hall–Kier alpha value is -0.670. The lowest BCUT2D eigenvalue weighted by molar-refractivity contribution is 0.418. The molecule has 1 rings (SSSR count). The van der Waals surface area contributed by atoms with Crippen LogP contribution < -0.4 is 5.32 Å². The topological polar surface area (TPSA) is 12.0 Å². The zero-order valence-electron chi connectivity index (χ0n) is 10.4. The Labute approximate surface area is 106 Å². The summed E-state index contributed by atoms with van der Waals surface area (Å²) in [6.07, 6.45) is 1.89. The summed E-state index contributed by atoms with van der Waals surface area (Å²) in [7, 11) is 1.80. The van der Waals surface area contributed by atoms with Crippen molar-refractivity contribution in [3.63, 3.8) is 0 Å². The van der Waals surface area contributed by atoms with Gasteiger partial charge in [0.25, 0.3) is 0 Å². The molecule has 0 bridgehead atoms. The molecule has 2 unspecified atom stereocenters. The maximum absolute atomic E-state index is 13.2. The van der Waals surface area contributed by atoms with Crippen LogP contribution in [0, 0.1) is 17.6 Å². The number of rotatable bonds is 5. The molecule has 2 atom stereocenters. The van der Waals surface area contributed by atoms with Crippen LogP contribution in [0.5, 0.6) is 0 Å². The molecule has 0 aromatic heterocycles. The molecule has 4 heteroatoms. The van der Waals surface area contributed by atoms with Crippen LogP contribution in [0.1, 0.15) is 38.3 Å². The molecule has 1 nitrogen and oxygen atoms in total. The van der Waals surface area contributed by atoms with E-state index in [9.17, 15) is 8.78 Å². The second-order valence-corrected chi connectivity index (χ2v) is 4.79. The quantitative estimate of drug-likeness (QED) is 0.779. The largest absolute Gasteiger partial charge is 0.313 e. The zero-order chi connectivity index (χ0) is 13.0. The number of hydrogen-bond acceptors (Lipinski definition) is 1. The van der Waals surface area contributed by atoms with Crippen molar-refractivity contribution >= 4 is 11.6 Å². The van der Waals surface area contributed by atoms with E-state index in [4.69, 9.17) is 11.6 Å². The van der Waals surface area contributed by atoms with Crippen molar-refractivity contribution in [1.82, 2.24) is 5.32 Å². The SMILES string of the molecule is CCC(C)CC(NC)c1cc(F)c(F)cc1Cl. The third-order valence-electron chi connectivity index (χ3n) is 3.10. The highest BCUT2D eigenvalue weighted by Crippen LogP contribution is 2.30. The Kier molecular flexibility index (Phi) is 5.34. The molecule has 0 heterocycles. The second-order valence-electron chi connectivity index (χ2n) is 4.38. The third kappa shape index (κ3) is 3.65. The molecule has 0 amide bonds. The lowest BCUT2D eigenvalue weighted by Gasteiger charge is -2.21. The minimum absolute atomic E-state index is 0.0486. The summed E-state index contributed by atoms with van der Waals surface area (Å²) < 4.78 is 26.2. The molecule has 0 saturated heterocycles. The van der Waals surface area contributed by atoms with E-state index in [2.05, 4.69) is 19.2 Å². The van der Waals surface area contributed by atoms with E-state index in [0.717, 1.165) is 18.9 Å². The van der Waals surface area contributed by atoms with Crippen molar-refractivity contribution in [3.05, 3.63) is 34.4 Å². The monoisotopic (exact) mass is 261 g/mol. The molecule has 96 valence electrons. The number of benzene rings is 1. The highest BCUT2D eigenvalue weighted by Gasteiger charge is 2.18. The van der Waals surface area contributed by atoms with E-state index in [0.29, 0.717) is 11.5 Å². The van der Waals surface area contributed by atoms with E-state index in [-0.39, 0.29) is 11.1 Å². The van der Waals surface area contributed by atoms with Crippen LogP contribution in [0.3, 0.4) is 0 Å². The first-order chi connectivity index (χ1) is 7.99. The molecule has 1 aromatic carbocycles. The van der Waals surface area contributed by atoms with Crippen LogP contribution in [0.25, 0.3) is 0 Å². The van der Waals surface area contributed by atoms with Gasteiger partial charge in [0.15, 0.2) is 11.6 Å². The molecular weight excluding hydrogens is 244 g/mol. The first kappa shape index (κ1) is 14.4. The summed E-state index contributed by atoms with van der Waals surface area (Å²) in [6.45, 7) is 4.22. The fourth-order valence-electron chi connectivity index (χ4n) is 1.77. The molecule has 1 aromatic rings. The van der Waals surface area contributed by atoms with Crippen LogP contribution in [0.4, 0.5) is 8.78 Å². The van der Waals surface area contributed by atoms with Gasteiger partial charge in [-0.2, -0.15) is 0 Å². The molecule has 0 radical (unpaired) electrons. The predicted molar refractivity (Wildman–Crippen MR) is 67.2 cm³/mol. The third-order valence-corrected chi connectivity index (χ3v) is 3.43. The van der Waals surface area contributed by atoms with Gasteiger partial charge >= 0.3 is 0 Å². The Bertz CT molecular complexity index is 382. The van der Waals surface area contributed by atoms with Gasteiger partial charge in [-0.3, -0.25) is 0 Å². The Morgan fingerprint density at radius 2 is 1.88 bits per heavy atom. The first-order valence-electron chi connectivity index (χ1n) is 5.81. The summed E-state index contributed by atoms with van der Waals surface area (Å²) in [4.78, 5) is 0. The van der Waals surface area contributed by atoms with E-state index < -0.39 is 11.6 Å². The van der Waals surface area contributed by atoms with E-state index >= 15 is 0 Å². The van der Waals surface area contributed by atoms with E-state index in [1.54, 1.807) is 7.05 Å². The van der Waals surface area contributed by atoms with Gasteiger partial charge in [0.1, 0.15) is 0 Å². The van der Waals surface area contributed by atoms with Crippen molar-refractivity contribution < 1.29 is 8.78 Å². The highest BCUT2D eigenvalue weighted by atomic mass is 35.5. The molecule has 0 fully saturated rings. The Balaban J connectivity index is 2.99. The van der Waals surface area contributed by atoms with Gasteiger partial charge < -0.3 is 5.32 Å². The summed E-state index contributed by atoms with van der Waals surface area (Å²) in [5.41, 5.74) is 0.619. The van der Waals surface area contributed by atoms with Crippen LogP contribution in [-0.4, -0.2) is 7.05 Å². The van der Waals surface area contributed by atoms with Gasteiger partial charge in [-0.15, -0.1) is 0 Å². The molecule has 0 aliphatic heterocycles. The lowest BCUT2D eigenvalue weighted by Crippen LogP contribution is -2.19. The summed E-state index contributed by atoms with van der Waals surface area (Å²) in [6, 6.07) is 2.17. The lowest BCUT2D eigenvalue weighted by atomic mass is 9.94. The molecule has 0 saturated carbocycles. The fourth-order valence-corrected chi connectivity index (χ4v) is 2.06. The van der Waals surface area contributed by atoms with Crippen molar-refractivity contribution in [2.75, 3.05) is 7.05 Å². The summed E-state index contributed by atoms with van der Waals surface area (Å²) in [5.74, 6) is -1.26. The minimum Gasteiger partial charge on any atom is -0.313 e. The minimum atomic E-state index is -0.905. The molecule has 1 N–H and O–H groups in total. The van der Waals surface area contributed by atoms with Gasteiger partial charge in [-0.05, 0) is 37.1 Å². The second kappa shape index (κ2) is 6.31. The zero-order valence-corrected chi connectivity index (χ0v) is 11.1. The maximum atomic E-state index is 13.2. The van der Waals surface area contributed by atoms with Crippen LogP contribution in [-0.2, 0) is 0 Å². The molecular formula is C13H18ClF2N. The molecule has 0 aliphatic rings. The summed E-state index contributed by atoms with van der Waals surface area (Å²) in [5, 5.41) is 3.37. The van der Waals surface area contributed by atoms with Gasteiger partial charge in [0.05, 0.1) is 0 Å². The van der Waals surface area contributed by atoms with Crippen molar-refractivity contribution in [3.8, 4) is 0 Å². The Morgan fingerprint density at radius 3 is 2.41 bits per heavy atom. The van der Waals surface area contributed by atoms with Crippen molar-refractivity contribution in [2.45, 2.75) is 32.7 Å². The number of halogens is 3. The van der Waals surface area contributed by atoms with Gasteiger partial charge in [0.2, 0.25) is 0 Å². The van der Waals surface area contributed by atoms with Crippen LogP contribution in [0.2, 0.25) is 5.02 Å². The Morgan fingerprint density at radius 1 is 1.29 bits per heavy atom. The summed E-state index contributed by atoms with van der Waals surface area (Å²) >= 11 is 5.95. The normalized spacial score (nSPS) is 14.7. The van der Waals surface area contributed by atoms with Crippen molar-refractivity contribution in [1.29, 1.82) is 0 Å². The maximum Gasteiger partial charge on any atom is 0.160 e. The highest BCUT2D eigenvalue weighted by molar-refractivity contribution is 6.31. The molecule has 17 heavy (non-hydrogen) atoms. The van der Waals surface area contributed by atoms with Crippen molar-refractivity contribution in [2.24, 2.45) is 5.92 Å². The standard InChI is InChI=1S/C13H18ClF2N/c1-4-8(2)5-13(17-3)9-6-11(15)12(16)7-10(9)14/h6-8,13,17H,4-5H2,1-3H3. The average Bonchev–Trinajstić information content (AvgIpc) is 2.30. The van der Waals surface area contributed by atoms with Gasteiger partial charge in [0, 0.05) is 11.1 Å². The van der Waals surface area contributed by atoms with Crippen LogP contribution >= 0.6 is 11.6 Å². The number of nitrogens with one attached hydrogen (secondary N) is 1. The molecule has 0 aliphatic carbocycles. The van der Waals surface area contributed by atoms with Gasteiger partial charge in [-0.25, -0.2) is 8.78 Å². The average molecular weight is 262 g/mol. The molecule has 0 spiro atoms.